The van der Waals surface area contributed by atoms with Gasteiger partial charge in [-0.2, -0.15) is 0 Å². The van der Waals surface area contributed by atoms with Crippen molar-refractivity contribution in [2.75, 3.05) is 13.7 Å². The molecular weight excluding hydrogens is 222 g/mol. The highest BCUT2D eigenvalue weighted by molar-refractivity contribution is 5.87. The second-order valence-corrected chi connectivity index (χ2v) is 3.95. The van der Waals surface area contributed by atoms with Crippen molar-refractivity contribution in [3.63, 3.8) is 0 Å². The molecule has 1 rings (SSSR count). The standard InChI is InChI=1S/C12H19NO4/c1-3-4-6-9(12(15)16-2)13-11(14)10-7-5-8-17-10/h3,9-10H,1,4-8H2,2H3,(H,13,14)/t9-,10-/m1/s1. The molecule has 0 bridgehead atoms. The smallest absolute Gasteiger partial charge is 0.328 e. The molecule has 1 heterocycles. The summed E-state index contributed by atoms with van der Waals surface area (Å²) in [5.74, 6) is -0.667. The van der Waals surface area contributed by atoms with E-state index in [1.54, 1.807) is 6.08 Å². The summed E-state index contributed by atoms with van der Waals surface area (Å²) in [4.78, 5) is 23.2. The third-order valence-corrected chi connectivity index (χ3v) is 2.68. The molecule has 17 heavy (non-hydrogen) atoms. The van der Waals surface area contributed by atoms with Crippen LogP contribution in [0.25, 0.3) is 0 Å². The van der Waals surface area contributed by atoms with Gasteiger partial charge >= 0.3 is 5.97 Å². The highest BCUT2D eigenvalue weighted by Crippen LogP contribution is 2.12. The number of nitrogens with one attached hydrogen (secondary N) is 1. The molecule has 96 valence electrons. The van der Waals surface area contributed by atoms with Gasteiger partial charge in [-0.1, -0.05) is 6.08 Å². The molecule has 0 radical (unpaired) electrons. The molecule has 1 amide bonds. The summed E-state index contributed by atoms with van der Waals surface area (Å²) in [5.41, 5.74) is 0. The van der Waals surface area contributed by atoms with Crippen LogP contribution in [0.4, 0.5) is 0 Å². The van der Waals surface area contributed by atoms with Crippen molar-refractivity contribution in [2.24, 2.45) is 0 Å². The molecule has 0 aromatic heterocycles. The molecule has 5 nitrogen and oxygen atoms in total. The van der Waals surface area contributed by atoms with E-state index in [2.05, 4.69) is 16.6 Å². The molecule has 0 aliphatic carbocycles. The summed E-state index contributed by atoms with van der Waals surface area (Å²) < 4.78 is 9.89. The normalized spacial score (nSPS) is 20.6. The van der Waals surface area contributed by atoms with E-state index in [0.29, 0.717) is 25.9 Å². The maximum absolute atomic E-state index is 11.8. The molecule has 5 heteroatoms. The first kappa shape index (κ1) is 13.7. The number of hydrogen-bond donors (Lipinski definition) is 1. The fourth-order valence-corrected chi connectivity index (χ4v) is 1.72. The van der Waals surface area contributed by atoms with Gasteiger partial charge in [0.05, 0.1) is 7.11 Å². The Bertz CT molecular complexity index is 284. The van der Waals surface area contributed by atoms with Gasteiger partial charge in [-0.05, 0) is 25.7 Å². The molecule has 0 aromatic carbocycles. The molecule has 1 saturated heterocycles. The predicted octanol–water partition coefficient (Wildman–Crippen LogP) is 0.789. The monoisotopic (exact) mass is 241 g/mol. The van der Waals surface area contributed by atoms with Crippen LogP contribution in [0.3, 0.4) is 0 Å². The highest BCUT2D eigenvalue weighted by atomic mass is 16.5. The Morgan fingerprint density at radius 3 is 2.94 bits per heavy atom. The van der Waals surface area contributed by atoms with Crippen molar-refractivity contribution in [1.29, 1.82) is 0 Å². The highest BCUT2D eigenvalue weighted by Gasteiger charge is 2.28. The summed E-state index contributed by atoms with van der Waals surface area (Å²) >= 11 is 0. The SMILES string of the molecule is C=CCC[C@@H](NC(=O)[C@H]1CCCO1)C(=O)OC. The number of carbonyl (C=O) groups is 2. The van der Waals surface area contributed by atoms with E-state index < -0.39 is 18.1 Å². The number of carbonyl (C=O) groups excluding carboxylic acids is 2. The molecule has 0 unspecified atom stereocenters. The van der Waals surface area contributed by atoms with Crippen LogP contribution in [0.1, 0.15) is 25.7 Å². The Morgan fingerprint density at radius 2 is 2.41 bits per heavy atom. The summed E-state index contributed by atoms with van der Waals surface area (Å²) in [6, 6.07) is -0.616. The third kappa shape index (κ3) is 4.19. The van der Waals surface area contributed by atoms with E-state index in [1.807, 2.05) is 0 Å². The number of hydrogen-bond acceptors (Lipinski definition) is 4. The molecule has 1 N–H and O–H groups in total. The second kappa shape index (κ2) is 7.06. The van der Waals surface area contributed by atoms with Crippen LogP contribution in [-0.2, 0) is 19.1 Å². The van der Waals surface area contributed by atoms with Crippen molar-refractivity contribution in [2.45, 2.75) is 37.8 Å². The maximum Gasteiger partial charge on any atom is 0.328 e. The predicted molar refractivity (Wildman–Crippen MR) is 62.4 cm³/mol. The first-order valence-electron chi connectivity index (χ1n) is 5.79. The third-order valence-electron chi connectivity index (χ3n) is 2.68. The minimum Gasteiger partial charge on any atom is -0.467 e. The lowest BCUT2D eigenvalue weighted by molar-refractivity contribution is -0.146. The van der Waals surface area contributed by atoms with Crippen LogP contribution in [-0.4, -0.2) is 37.7 Å². The first-order valence-corrected chi connectivity index (χ1v) is 5.79. The Morgan fingerprint density at radius 1 is 1.65 bits per heavy atom. The zero-order chi connectivity index (χ0) is 12.7. The molecular formula is C12H19NO4. The Kier molecular flexibility index (Phi) is 5.69. The van der Waals surface area contributed by atoms with Crippen molar-refractivity contribution in [1.82, 2.24) is 5.32 Å². The first-order chi connectivity index (χ1) is 8.19. The number of methoxy groups -OCH3 is 1. The number of esters is 1. The summed E-state index contributed by atoms with van der Waals surface area (Å²) in [5, 5.41) is 2.66. The van der Waals surface area contributed by atoms with Gasteiger partial charge in [0.15, 0.2) is 0 Å². The molecule has 0 spiro atoms. The average Bonchev–Trinajstić information content (AvgIpc) is 2.87. The summed E-state index contributed by atoms with van der Waals surface area (Å²) in [7, 11) is 1.31. The van der Waals surface area contributed by atoms with Crippen LogP contribution in [0, 0.1) is 0 Å². The Balaban J connectivity index is 2.48. The van der Waals surface area contributed by atoms with E-state index in [4.69, 9.17) is 4.74 Å². The van der Waals surface area contributed by atoms with Gasteiger partial charge in [0.1, 0.15) is 12.1 Å². The minimum atomic E-state index is -0.616. The van der Waals surface area contributed by atoms with Gasteiger partial charge in [-0.15, -0.1) is 6.58 Å². The lowest BCUT2D eigenvalue weighted by atomic mass is 10.1. The van der Waals surface area contributed by atoms with Crippen LogP contribution >= 0.6 is 0 Å². The molecule has 2 atom stereocenters. The fourth-order valence-electron chi connectivity index (χ4n) is 1.72. The van der Waals surface area contributed by atoms with E-state index in [9.17, 15) is 9.59 Å². The van der Waals surface area contributed by atoms with E-state index >= 15 is 0 Å². The molecule has 0 saturated carbocycles. The summed E-state index contributed by atoms with van der Waals surface area (Å²) in [6.45, 7) is 4.19. The van der Waals surface area contributed by atoms with Crippen LogP contribution in [0.5, 0.6) is 0 Å². The molecule has 1 aliphatic rings. The Hall–Kier alpha value is -1.36. The average molecular weight is 241 g/mol. The largest absolute Gasteiger partial charge is 0.467 e. The van der Waals surface area contributed by atoms with E-state index in [0.717, 1.165) is 6.42 Å². The molecule has 0 aromatic rings. The van der Waals surface area contributed by atoms with Crippen LogP contribution < -0.4 is 5.32 Å². The number of amides is 1. The maximum atomic E-state index is 11.8. The number of rotatable bonds is 6. The van der Waals surface area contributed by atoms with Gasteiger partial charge in [0.2, 0.25) is 5.91 Å². The van der Waals surface area contributed by atoms with Crippen LogP contribution in [0.15, 0.2) is 12.7 Å². The van der Waals surface area contributed by atoms with Crippen molar-refractivity contribution in [3.05, 3.63) is 12.7 Å². The summed E-state index contributed by atoms with van der Waals surface area (Å²) in [6.07, 6.45) is 4.01. The van der Waals surface area contributed by atoms with Crippen molar-refractivity contribution >= 4 is 11.9 Å². The zero-order valence-corrected chi connectivity index (χ0v) is 10.1. The lowest BCUT2D eigenvalue weighted by Crippen LogP contribution is -2.45. The Labute approximate surface area is 101 Å². The van der Waals surface area contributed by atoms with Gasteiger partial charge in [0, 0.05) is 6.61 Å². The van der Waals surface area contributed by atoms with Crippen LogP contribution in [0.2, 0.25) is 0 Å². The minimum absolute atomic E-state index is 0.234. The fraction of sp³-hybridized carbons (Fsp3) is 0.667. The second-order valence-electron chi connectivity index (χ2n) is 3.95. The zero-order valence-electron chi connectivity index (χ0n) is 10.1. The van der Waals surface area contributed by atoms with E-state index in [1.165, 1.54) is 7.11 Å². The lowest BCUT2D eigenvalue weighted by Gasteiger charge is -2.18. The topological polar surface area (TPSA) is 64.6 Å². The molecule has 1 aliphatic heterocycles. The number of ether oxygens (including phenoxy) is 2. The van der Waals surface area contributed by atoms with Gasteiger partial charge < -0.3 is 14.8 Å². The number of allylic oxidation sites excluding steroid dienone is 1. The van der Waals surface area contributed by atoms with E-state index in [-0.39, 0.29) is 5.91 Å². The van der Waals surface area contributed by atoms with Gasteiger partial charge in [-0.3, -0.25) is 4.79 Å². The van der Waals surface area contributed by atoms with Crippen molar-refractivity contribution < 1.29 is 19.1 Å². The quantitative estimate of drug-likeness (QED) is 0.551. The van der Waals surface area contributed by atoms with Gasteiger partial charge in [0.25, 0.3) is 0 Å². The molecule has 1 fully saturated rings. The van der Waals surface area contributed by atoms with Crippen molar-refractivity contribution in [3.8, 4) is 0 Å². The van der Waals surface area contributed by atoms with Gasteiger partial charge in [-0.25, -0.2) is 4.79 Å².